The van der Waals surface area contributed by atoms with Gasteiger partial charge in [0.2, 0.25) is 14.7 Å². The van der Waals surface area contributed by atoms with E-state index in [1.54, 1.807) is 0 Å². The summed E-state index contributed by atoms with van der Waals surface area (Å²) in [4.78, 5) is 21.1. The summed E-state index contributed by atoms with van der Waals surface area (Å²) in [5, 5.41) is -1.01. The van der Waals surface area contributed by atoms with E-state index < -0.39 is 25.0 Å². The minimum atomic E-state index is -3.13. The van der Waals surface area contributed by atoms with E-state index in [0.717, 1.165) is 25.7 Å². The van der Waals surface area contributed by atoms with E-state index in [9.17, 15) is 18.9 Å². The third-order valence-electron chi connectivity index (χ3n) is 6.86. The Morgan fingerprint density at radius 1 is 0.474 bits per heavy atom. The first-order chi connectivity index (χ1) is 16.1. The van der Waals surface area contributed by atoms with Gasteiger partial charge in [-0.15, -0.1) is 0 Å². The van der Waals surface area contributed by atoms with E-state index in [1.165, 1.54) is 0 Å². The number of hydrogen-bond acceptors (Lipinski definition) is 2. The quantitative estimate of drug-likeness (QED) is 0.252. The average Bonchev–Trinajstić information content (AvgIpc) is 2.44. The summed E-state index contributed by atoms with van der Waals surface area (Å²) < 4.78 is 25.5. The molecule has 0 aliphatic carbocycles. The molecule has 232 valence electrons. The fourth-order valence-electron chi connectivity index (χ4n) is 6.40. The van der Waals surface area contributed by atoms with Gasteiger partial charge in [-0.05, 0) is 59.2 Å². The van der Waals surface area contributed by atoms with Gasteiger partial charge in [0.25, 0.3) is 0 Å². The van der Waals surface area contributed by atoms with Crippen molar-refractivity contribution in [1.29, 1.82) is 0 Å². The van der Waals surface area contributed by atoms with Crippen molar-refractivity contribution in [3.05, 3.63) is 0 Å². The molecule has 4 unspecified atom stereocenters. The van der Waals surface area contributed by atoms with Crippen LogP contribution in [0.15, 0.2) is 0 Å². The summed E-state index contributed by atoms with van der Waals surface area (Å²) in [5.41, 5.74) is 0.589. The largest absolute Gasteiger partial charge is 0.344 e. The Hall–Kier alpha value is 0.380. The van der Waals surface area contributed by atoms with Gasteiger partial charge in [-0.25, -0.2) is 0 Å². The molecule has 0 aromatic carbocycles. The van der Waals surface area contributed by atoms with Crippen molar-refractivity contribution in [2.75, 3.05) is 12.3 Å². The van der Waals surface area contributed by atoms with Crippen LogP contribution in [0.5, 0.6) is 0 Å². The van der Waals surface area contributed by atoms with Gasteiger partial charge >= 0.3 is 0 Å². The molecule has 2 N–H and O–H groups in total. The molecule has 38 heavy (non-hydrogen) atoms. The average molecular weight is 581 g/mol. The van der Waals surface area contributed by atoms with Crippen molar-refractivity contribution in [3.8, 4) is 0 Å². The van der Waals surface area contributed by atoms with Gasteiger partial charge in [0.15, 0.2) is 0 Å². The zero-order valence-electron chi connectivity index (χ0n) is 29.0. The molecular weight excluding hydrogens is 510 g/mol. The van der Waals surface area contributed by atoms with Crippen LogP contribution in [-0.4, -0.2) is 32.4 Å². The number of hydrogen-bond donors (Lipinski definition) is 2. The summed E-state index contributed by atoms with van der Waals surface area (Å²) in [6.45, 7) is 37.9. The van der Waals surface area contributed by atoms with E-state index in [1.807, 2.05) is 27.7 Å². The Balaban J connectivity index is 0. The predicted molar refractivity (Wildman–Crippen MR) is 172 cm³/mol. The van der Waals surface area contributed by atoms with Crippen molar-refractivity contribution < 1.29 is 18.9 Å². The van der Waals surface area contributed by atoms with Crippen molar-refractivity contribution in [2.45, 2.75) is 161 Å². The van der Waals surface area contributed by atoms with Crippen LogP contribution in [0.3, 0.4) is 0 Å². The molecule has 0 heterocycles. The van der Waals surface area contributed by atoms with Crippen molar-refractivity contribution in [1.82, 2.24) is 0 Å². The van der Waals surface area contributed by atoms with Crippen LogP contribution >= 0.6 is 14.7 Å². The molecule has 0 saturated carbocycles. The van der Waals surface area contributed by atoms with Gasteiger partial charge in [-0.2, -0.15) is 0 Å². The van der Waals surface area contributed by atoms with E-state index in [2.05, 4.69) is 96.9 Å². The lowest BCUT2D eigenvalue weighted by molar-refractivity contribution is 0.296. The maximum atomic E-state index is 12.8. The fraction of sp³-hybridized carbons (Fsp3) is 1.00. The monoisotopic (exact) mass is 580 g/mol. The highest BCUT2D eigenvalue weighted by Gasteiger charge is 2.43. The lowest BCUT2D eigenvalue weighted by Crippen LogP contribution is -2.30. The first-order valence-corrected chi connectivity index (χ1v) is 18.4. The minimum absolute atomic E-state index is 0.0785. The summed E-state index contributed by atoms with van der Waals surface area (Å²) in [6.07, 6.45) is 4.40. The predicted octanol–water partition coefficient (Wildman–Crippen LogP) is 11.1. The molecule has 0 fully saturated rings. The molecule has 6 heteroatoms. The zero-order chi connectivity index (χ0) is 31.4. The molecule has 0 saturated heterocycles. The number of rotatable bonds is 10. The van der Waals surface area contributed by atoms with Gasteiger partial charge in [0, 0.05) is 22.6 Å². The van der Waals surface area contributed by atoms with E-state index in [0.29, 0.717) is 12.3 Å². The lowest BCUT2D eigenvalue weighted by Gasteiger charge is -2.37. The molecule has 0 rings (SSSR count). The van der Waals surface area contributed by atoms with E-state index >= 15 is 0 Å². The van der Waals surface area contributed by atoms with Gasteiger partial charge in [0.05, 0.1) is 0 Å². The summed E-state index contributed by atoms with van der Waals surface area (Å²) in [5.74, 6) is 0.574. The first kappa shape index (κ1) is 40.5. The van der Waals surface area contributed by atoms with E-state index in [-0.39, 0.29) is 33.5 Å². The Kier molecular flexibility index (Phi) is 14.5. The first-order valence-electron chi connectivity index (χ1n) is 14.8. The molecule has 0 bridgehead atoms. The summed E-state index contributed by atoms with van der Waals surface area (Å²) in [6, 6.07) is 0. The Morgan fingerprint density at radius 3 is 0.842 bits per heavy atom. The van der Waals surface area contributed by atoms with Crippen LogP contribution in [0, 0.1) is 33.5 Å². The molecule has 0 aliphatic rings. The molecule has 0 spiro atoms. The summed E-state index contributed by atoms with van der Waals surface area (Å²) >= 11 is 0. The molecule has 0 aliphatic heterocycles. The second-order valence-electron chi connectivity index (χ2n) is 18.6. The van der Waals surface area contributed by atoms with Crippen LogP contribution < -0.4 is 0 Å². The van der Waals surface area contributed by atoms with Crippen LogP contribution in [0.1, 0.15) is 150 Å². The third-order valence-corrected chi connectivity index (χ3v) is 13.2. The normalized spacial score (nSPS) is 19.1. The highest BCUT2D eigenvalue weighted by molar-refractivity contribution is 7.60. The topological polar surface area (TPSA) is 74.6 Å². The van der Waals surface area contributed by atoms with Gasteiger partial charge in [-0.1, -0.05) is 125 Å². The van der Waals surface area contributed by atoms with Gasteiger partial charge in [0.1, 0.15) is 0 Å². The van der Waals surface area contributed by atoms with Crippen molar-refractivity contribution in [3.63, 3.8) is 0 Å². The van der Waals surface area contributed by atoms with Crippen LogP contribution in [0.4, 0.5) is 0 Å². The maximum absolute atomic E-state index is 12.8. The molecule has 0 aromatic rings. The van der Waals surface area contributed by atoms with Gasteiger partial charge in [-0.3, -0.25) is 9.13 Å². The Morgan fingerprint density at radius 2 is 0.684 bits per heavy atom. The third kappa shape index (κ3) is 17.9. The second kappa shape index (κ2) is 13.6. The highest BCUT2D eigenvalue weighted by atomic mass is 31.2. The Bertz CT molecular complexity index is 731. The molecular formula is C32H70O4P2. The standard InChI is InChI=1S/2C16H35O2P/c2*1-13(10-14(2,3)4)11-19(17,18)16(8,9)12-15(5,6)7/h2*13H,10-12H2,1-9H3,(H,17,18). The van der Waals surface area contributed by atoms with E-state index in [4.69, 9.17) is 0 Å². The van der Waals surface area contributed by atoms with Crippen LogP contribution in [0.2, 0.25) is 0 Å². The zero-order valence-corrected chi connectivity index (χ0v) is 30.8. The SMILES string of the molecule is CC(CC(C)(C)C)CP(=O)(O)C(C)(C)CC(C)(C)C.CC(CC(C)(C)C)CP(=O)(O)C(C)(C)CC(C)(C)C. The molecule has 0 amide bonds. The lowest BCUT2D eigenvalue weighted by atomic mass is 9.85. The minimum Gasteiger partial charge on any atom is -0.344 e. The van der Waals surface area contributed by atoms with Crippen molar-refractivity contribution >= 4 is 14.7 Å². The van der Waals surface area contributed by atoms with Crippen LogP contribution in [-0.2, 0) is 9.13 Å². The Labute approximate surface area is 239 Å². The molecule has 0 radical (unpaired) electrons. The van der Waals surface area contributed by atoms with Crippen molar-refractivity contribution in [2.24, 2.45) is 33.5 Å². The smallest absolute Gasteiger partial charge is 0.206 e. The molecule has 4 atom stereocenters. The highest BCUT2D eigenvalue weighted by Crippen LogP contribution is 2.60. The van der Waals surface area contributed by atoms with Crippen LogP contribution in [0.25, 0.3) is 0 Å². The van der Waals surface area contributed by atoms with Gasteiger partial charge < -0.3 is 9.79 Å². The molecule has 0 aromatic heterocycles. The molecule has 4 nitrogen and oxygen atoms in total. The fourth-order valence-corrected chi connectivity index (χ4v) is 10.8. The maximum Gasteiger partial charge on any atom is 0.206 e. The second-order valence-corrected chi connectivity index (χ2v) is 24.6. The summed E-state index contributed by atoms with van der Waals surface area (Å²) in [7, 11) is -6.27.